The van der Waals surface area contributed by atoms with Crippen LogP contribution in [0.15, 0.2) is 30.5 Å². The van der Waals surface area contributed by atoms with E-state index in [-0.39, 0.29) is 11.3 Å². The number of carbonyl (C=O) groups is 1. The molecule has 3 rings (SSSR count). The van der Waals surface area contributed by atoms with E-state index in [9.17, 15) is 4.79 Å². The molecular weight excluding hydrogens is 238 g/mol. The Morgan fingerprint density at radius 1 is 1.42 bits per heavy atom. The van der Waals surface area contributed by atoms with Crippen LogP contribution in [0.1, 0.15) is 23.2 Å². The quantitative estimate of drug-likeness (QED) is 0.875. The molecule has 1 saturated carbocycles. The second-order valence-corrected chi connectivity index (χ2v) is 5.56. The predicted octanol–water partition coefficient (Wildman–Crippen LogP) is 1.65. The molecule has 0 saturated heterocycles. The highest BCUT2D eigenvalue weighted by Crippen LogP contribution is 2.43. The summed E-state index contributed by atoms with van der Waals surface area (Å²) in [5.41, 5.74) is 7.72. The van der Waals surface area contributed by atoms with Crippen LogP contribution in [0.2, 0.25) is 0 Å². The minimum Gasteiger partial charge on any atom is -0.351 e. The van der Waals surface area contributed by atoms with Crippen LogP contribution >= 0.6 is 0 Å². The fraction of sp³-hybridized carbons (Fsp3) is 0.400. The molecule has 0 aliphatic heterocycles. The van der Waals surface area contributed by atoms with Gasteiger partial charge in [-0.2, -0.15) is 0 Å². The summed E-state index contributed by atoms with van der Waals surface area (Å²) >= 11 is 0. The van der Waals surface area contributed by atoms with E-state index in [4.69, 9.17) is 5.73 Å². The molecule has 1 aromatic heterocycles. The number of amides is 1. The summed E-state index contributed by atoms with van der Waals surface area (Å²) in [7, 11) is 1.96. The van der Waals surface area contributed by atoms with Gasteiger partial charge in [0.2, 0.25) is 0 Å². The maximum atomic E-state index is 12.3. The van der Waals surface area contributed by atoms with Gasteiger partial charge in [-0.1, -0.05) is 18.2 Å². The summed E-state index contributed by atoms with van der Waals surface area (Å²) in [6.45, 7) is 1.34. The molecule has 3 N–H and O–H groups in total. The number of benzene rings is 1. The van der Waals surface area contributed by atoms with Crippen LogP contribution in [0, 0.1) is 5.41 Å². The van der Waals surface area contributed by atoms with Gasteiger partial charge in [0, 0.05) is 36.1 Å². The first-order valence-corrected chi connectivity index (χ1v) is 6.68. The predicted molar refractivity (Wildman–Crippen MR) is 76.0 cm³/mol. The summed E-state index contributed by atoms with van der Waals surface area (Å²) in [4.78, 5) is 12.3. The van der Waals surface area contributed by atoms with E-state index >= 15 is 0 Å². The van der Waals surface area contributed by atoms with Crippen molar-refractivity contribution in [3.8, 4) is 0 Å². The number of rotatable bonds is 4. The first kappa shape index (κ1) is 12.2. The number of aromatic nitrogens is 1. The minimum absolute atomic E-state index is 0.00322. The normalized spacial score (nSPS) is 16.5. The standard InChI is InChI=1S/C15H19N3O/c1-18-8-12(11-4-2-3-5-13(11)18)14(19)17-10-15(9-16)6-7-15/h2-5,8H,6-7,9-10,16H2,1H3,(H,17,19). The average Bonchev–Trinajstić information content (AvgIpc) is 3.15. The lowest BCUT2D eigenvalue weighted by atomic mass is 10.1. The molecular formula is C15H19N3O. The molecule has 100 valence electrons. The number of nitrogens with two attached hydrogens (primary N) is 1. The lowest BCUT2D eigenvalue weighted by Crippen LogP contribution is -2.33. The lowest BCUT2D eigenvalue weighted by molar-refractivity contribution is 0.0947. The summed E-state index contributed by atoms with van der Waals surface area (Å²) in [6, 6.07) is 7.95. The second-order valence-electron chi connectivity index (χ2n) is 5.56. The van der Waals surface area contributed by atoms with E-state index in [1.54, 1.807) is 0 Å². The smallest absolute Gasteiger partial charge is 0.253 e. The van der Waals surface area contributed by atoms with Crippen LogP contribution in [0.4, 0.5) is 0 Å². The molecule has 1 aliphatic carbocycles. The van der Waals surface area contributed by atoms with E-state index < -0.39 is 0 Å². The van der Waals surface area contributed by atoms with Gasteiger partial charge >= 0.3 is 0 Å². The van der Waals surface area contributed by atoms with Crippen LogP contribution in [-0.4, -0.2) is 23.6 Å². The van der Waals surface area contributed by atoms with Gasteiger partial charge in [-0.15, -0.1) is 0 Å². The first-order valence-electron chi connectivity index (χ1n) is 6.68. The lowest BCUT2D eigenvalue weighted by Gasteiger charge is -2.12. The highest BCUT2D eigenvalue weighted by Gasteiger charge is 2.41. The zero-order valence-corrected chi connectivity index (χ0v) is 11.1. The molecule has 0 bridgehead atoms. The van der Waals surface area contributed by atoms with Gasteiger partial charge < -0.3 is 15.6 Å². The van der Waals surface area contributed by atoms with Gasteiger partial charge in [0.1, 0.15) is 0 Å². The van der Waals surface area contributed by atoms with Crippen LogP contribution in [-0.2, 0) is 7.05 Å². The molecule has 1 aliphatic rings. The molecule has 0 atom stereocenters. The fourth-order valence-electron chi connectivity index (χ4n) is 2.52. The molecule has 0 unspecified atom stereocenters. The van der Waals surface area contributed by atoms with E-state index in [0.29, 0.717) is 13.1 Å². The van der Waals surface area contributed by atoms with Crippen molar-refractivity contribution in [1.29, 1.82) is 0 Å². The molecule has 2 aromatic rings. The van der Waals surface area contributed by atoms with Crippen molar-refractivity contribution in [3.63, 3.8) is 0 Å². The first-order chi connectivity index (χ1) is 9.15. The van der Waals surface area contributed by atoms with Gasteiger partial charge in [-0.05, 0) is 25.5 Å². The summed E-state index contributed by atoms with van der Waals surface area (Å²) in [6.07, 6.45) is 4.14. The van der Waals surface area contributed by atoms with Crippen molar-refractivity contribution in [1.82, 2.24) is 9.88 Å². The molecule has 1 aromatic carbocycles. The topological polar surface area (TPSA) is 60.0 Å². The van der Waals surface area contributed by atoms with Crippen LogP contribution in [0.5, 0.6) is 0 Å². The third-order valence-electron chi connectivity index (χ3n) is 4.16. The molecule has 1 amide bonds. The van der Waals surface area contributed by atoms with Crippen molar-refractivity contribution >= 4 is 16.8 Å². The van der Waals surface area contributed by atoms with Crippen LogP contribution < -0.4 is 11.1 Å². The monoisotopic (exact) mass is 257 g/mol. The van der Waals surface area contributed by atoms with Gasteiger partial charge in [-0.25, -0.2) is 0 Å². The Labute approximate surface area is 112 Å². The van der Waals surface area contributed by atoms with E-state index in [0.717, 1.165) is 29.3 Å². The molecule has 1 heterocycles. The highest BCUT2D eigenvalue weighted by molar-refractivity contribution is 6.06. The Balaban J connectivity index is 1.82. The minimum atomic E-state index is -0.00322. The second kappa shape index (κ2) is 4.38. The Kier molecular flexibility index (Phi) is 2.82. The van der Waals surface area contributed by atoms with Crippen molar-refractivity contribution in [2.24, 2.45) is 18.2 Å². The van der Waals surface area contributed by atoms with Crippen molar-refractivity contribution in [2.75, 3.05) is 13.1 Å². The molecule has 4 heteroatoms. The molecule has 0 radical (unpaired) electrons. The molecule has 19 heavy (non-hydrogen) atoms. The van der Waals surface area contributed by atoms with E-state index in [2.05, 4.69) is 5.32 Å². The number of nitrogens with one attached hydrogen (secondary N) is 1. The number of aryl methyl sites for hydroxylation is 1. The number of hydrogen-bond donors (Lipinski definition) is 2. The molecule has 1 fully saturated rings. The van der Waals surface area contributed by atoms with Crippen LogP contribution in [0.3, 0.4) is 0 Å². The average molecular weight is 257 g/mol. The number of hydrogen-bond acceptors (Lipinski definition) is 2. The summed E-state index contributed by atoms with van der Waals surface area (Å²) in [5, 5.41) is 4.03. The molecule has 0 spiro atoms. The fourth-order valence-corrected chi connectivity index (χ4v) is 2.52. The molecule has 4 nitrogen and oxygen atoms in total. The SMILES string of the molecule is Cn1cc(C(=O)NCC2(CN)CC2)c2ccccc21. The van der Waals surface area contributed by atoms with Gasteiger partial charge in [0.05, 0.1) is 5.56 Å². The van der Waals surface area contributed by atoms with Gasteiger partial charge in [0.25, 0.3) is 5.91 Å². The third-order valence-corrected chi connectivity index (χ3v) is 4.16. The zero-order chi connectivity index (χ0) is 13.5. The Morgan fingerprint density at radius 3 is 2.84 bits per heavy atom. The maximum Gasteiger partial charge on any atom is 0.253 e. The van der Waals surface area contributed by atoms with E-state index in [1.165, 1.54) is 0 Å². The van der Waals surface area contributed by atoms with Crippen molar-refractivity contribution < 1.29 is 4.79 Å². The van der Waals surface area contributed by atoms with E-state index in [1.807, 2.05) is 42.1 Å². The summed E-state index contributed by atoms with van der Waals surface area (Å²) in [5.74, 6) is -0.00322. The number of carbonyl (C=O) groups excluding carboxylic acids is 1. The zero-order valence-electron chi connectivity index (χ0n) is 11.1. The number of para-hydroxylation sites is 1. The van der Waals surface area contributed by atoms with Gasteiger partial charge in [0.15, 0.2) is 0 Å². The largest absolute Gasteiger partial charge is 0.351 e. The Hall–Kier alpha value is -1.81. The summed E-state index contributed by atoms with van der Waals surface area (Å²) < 4.78 is 1.99. The Morgan fingerprint density at radius 2 is 2.16 bits per heavy atom. The number of nitrogens with zero attached hydrogens (tertiary/aromatic N) is 1. The number of fused-ring (bicyclic) bond motifs is 1. The van der Waals surface area contributed by atoms with Gasteiger partial charge in [-0.3, -0.25) is 4.79 Å². The third kappa shape index (κ3) is 2.12. The van der Waals surface area contributed by atoms with Crippen molar-refractivity contribution in [2.45, 2.75) is 12.8 Å². The maximum absolute atomic E-state index is 12.3. The Bertz CT molecular complexity index is 625. The highest BCUT2D eigenvalue weighted by atomic mass is 16.1. The van der Waals surface area contributed by atoms with Crippen LogP contribution in [0.25, 0.3) is 10.9 Å². The van der Waals surface area contributed by atoms with Crippen molar-refractivity contribution in [3.05, 3.63) is 36.0 Å².